The van der Waals surface area contributed by atoms with Crippen LogP contribution in [0.2, 0.25) is 0 Å². The van der Waals surface area contributed by atoms with Gasteiger partial charge in [0.1, 0.15) is 0 Å². The van der Waals surface area contributed by atoms with Gasteiger partial charge in [-0.2, -0.15) is 0 Å². The maximum absolute atomic E-state index is 9.41. The largest absolute Gasteiger partial charge is 0.346 e. The van der Waals surface area contributed by atoms with Crippen LogP contribution in [0.15, 0.2) is 0 Å². The zero-order valence-electron chi connectivity index (χ0n) is 3.69. The van der Waals surface area contributed by atoms with Gasteiger partial charge in [0.2, 0.25) is 6.41 Å². The minimum atomic E-state index is 0.545. The van der Waals surface area contributed by atoms with Gasteiger partial charge < -0.3 is 10.6 Å². The van der Waals surface area contributed by atoms with Crippen LogP contribution in [0.25, 0.3) is 0 Å². The van der Waals surface area contributed by atoms with E-state index in [1.54, 1.807) is 7.05 Å². The first kappa shape index (κ1) is 5.43. The number of hydrogen-bond donors (Lipinski definition) is 2. The molecule has 2 N–H and O–H groups in total. The molecule has 6 heavy (non-hydrogen) atoms. The lowest BCUT2D eigenvalue weighted by molar-refractivity contribution is -0.109. The van der Waals surface area contributed by atoms with E-state index in [1.165, 1.54) is 0 Å². The first-order valence-electron chi connectivity index (χ1n) is 1.73. The van der Waals surface area contributed by atoms with E-state index in [2.05, 4.69) is 10.6 Å². The smallest absolute Gasteiger partial charge is 0.208 e. The molecular weight excluding hydrogens is 80.0 g/mol. The van der Waals surface area contributed by atoms with Crippen molar-refractivity contribution in [1.82, 2.24) is 10.6 Å². The number of hydrogen-bond acceptors (Lipinski definition) is 2. The van der Waals surface area contributed by atoms with Gasteiger partial charge in [0.05, 0.1) is 6.67 Å². The van der Waals surface area contributed by atoms with Crippen LogP contribution in [0.3, 0.4) is 0 Å². The summed E-state index contributed by atoms with van der Waals surface area (Å²) in [5.41, 5.74) is 0. The lowest BCUT2D eigenvalue weighted by Crippen LogP contribution is -2.23. The highest BCUT2D eigenvalue weighted by atomic mass is 16.1. The molecule has 0 aromatic rings. The maximum atomic E-state index is 9.41. The fourth-order valence-electron chi connectivity index (χ4n) is 0.144. The van der Waals surface area contributed by atoms with Crippen molar-refractivity contribution in [1.29, 1.82) is 0 Å². The highest BCUT2D eigenvalue weighted by Gasteiger charge is 1.66. The Morgan fingerprint density at radius 2 is 2.50 bits per heavy atom. The second-order valence-electron chi connectivity index (χ2n) is 0.852. The number of amides is 1. The van der Waals surface area contributed by atoms with E-state index in [1.807, 2.05) is 0 Å². The molecule has 0 spiro atoms. The third kappa shape index (κ3) is 3.43. The molecule has 3 heteroatoms. The van der Waals surface area contributed by atoms with Gasteiger partial charge in [0.25, 0.3) is 0 Å². The van der Waals surface area contributed by atoms with Crippen LogP contribution in [0.1, 0.15) is 0 Å². The number of carbonyl (C=O) groups excluding carboxylic acids is 1. The van der Waals surface area contributed by atoms with E-state index in [-0.39, 0.29) is 0 Å². The van der Waals surface area contributed by atoms with Crippen molar-refractivity contribution in [3.63, 3.8) is 0 Å². The third-order valence-electron chi connectivity index (χ3n) is 0.362. The standard InChI is InChI=1S/C3H8N2O/c1-4-2-5-3-6/h3-4H,2H2,1H3,(H,5,6). The lowest BCUT2D eigenvalue weighted by atomic mass is 11.0. The minimum Gasteiger partial charge on any atom is -0.346 e. The number of rotatable bonds is 3. The van der Waals surface area contributed by atoms with E-state index < -0.39 is 0 Å². The summed E-state index contributed by atoms with van der Waals surface area (Å²) in [6, 6.07) is 0. The Labute approximate surface area is 36.7 Å². The molecule has 0 aliphatic carbocycles. The topological polar surface area (TPSA) is 41.1 Å². The summed E-state index contributed by atoms with van der Waals surface area (Å²) in [7, 11) is 1.76. The highest BCUT2D eigenvalue weighted by molar-refractivity contribution is 5.45. The summed E-state index contributed by atoms with van der Waals surface area (Å²) in [6.07, 6.45) is 0.649. The van der Waals surface area contributed by atoms with Gasteiger partial charge >= 0.3 is 0 Å². The molecule has 0 aromatic carbocycles. The van der Waals surface area contributed by atoms with Crippen LogP contribution >= 0.6 is 0 Å². The van der Waals surface area contributed by atoms with E-state index in [4.69, 9.17) is 0 Å². The van der Waals surface area contributed by atoms with Gasteiger partial charge in [-0.3, -0.25) is 4.79 Å². The van der Waals surface area contributed by atoms with Gasteiger partial charge in [0.15, 0.2) is 0 Å². The molecule has 1 amide bonds. The first-order valence-corrected chi connectivity index (χ1v) is 1.73. The molecule has 0 bridgehead atoms. The molecule has 0 radical (unpaired) electrons. The summed E-state index contributed by atoms with van der Waals surface area (Å²) in [4.78, 5) is 9.41. The van der Waals surface area contributed by atoms with Crippen LogP contribution < -0.4 is 10.6 Å². The van der Waals surface area contributed by atoms with E-state index in [0.29, 0.717) is 13.1 Å². The van der Waals surface area contributed by atoms with Crippen molar-refractivity contribution < 1.29 is 4.79 Å². The van der Waals surface area contributed by atoms with Gasteiger partial charge in [-0.05, 0) is 7.05 Å². The molecule has 0 atom stereocenters. The SMILES string of the molecule is CNCNC=O. The fraction of sp³-hybridized carbons (Fsp3) is 0.667. The Balaban J connectivity index is 2.49. The maximum Gasteiger partial charge on any atom is 0.208 e. The van der Waals surface area contributed by atoms with Crippen LogP contribution in [-0.4, -0.2) is 20.1 Å². The molecule has 0 saturated heterocycles. The van der Waals surface area contributed by atoms with Crippen LogP contribution in [0.5, 0.6) is 0 Å². The molecule has 0 rings (SSSR count). The Morgan fingerprint density at radius 1 is 1.83 bits per heavy atom. The summed E-state index contributed by atoms with van der Waals surface area (Å²) >= 11 is 0. The van der Waals surface area contributed by atoms with E-state index in [9.17, 15) is 4.79 Å². The van der Waals surface area contributed by atoms with Crippen LogP contribution in [-0.2, 0) is 4.79 Å². The summed E-state index contributed by atoms with van der Waals surface area (Å²) < 4.78 is 0. The molecule has 3 nitrogen and oxygen atoms in total. The van der Waals surface area contributed by atoms with E-state index >= 15 is 0 Å². The average molecular weight is 88.1 g/mol. The Bertz CT molecular complexity index is 37.8. The summed E-state index contributed by atoms with van der Waals surface area (Å²) in [5.74, 6) is 0. The highest BCUT2D eigenvalue weighted by Crippen LogP contribution is 1.33. The Morgan fingerprint density at radius 3 is 2.67 bits per heavy atom. The Hall–Kier alpha value is -0.570. The van der Waals surface area contributed by atoms with Gasteiger partial charge in [-0.15, -0.1) is 0 Å². The monoisotopic (exact) mass is 88.1 g/mol. The Kier molecular flexibility index (Phi) is 4.01. The molecule has 0 aliphatic heterocycles. The van der Waals surface area contributed by atoms with Crippen molar-refractivity contribution in [2.45, 2.75) is 0 Å². The lowest BCUT2D eigenvalue weighted by Gasteiger charge is -1.89. The number of nitrogens with one attached hydrogen (secondary N) is 2. The third-order valence-corrected chi connectivity index (χ3v) is 0.362. The minimum absolute atomic E-state index is 0.545. The molecular formula is C3H8N2O. The predicted molar refractivity (Wildman–Crippen MR) is 23.1 cm³/mol. The van der Waals surface area contributed by atoms with Crippen molar-refractivity contribution >= 4 is 6.41 Å². The second kappa shape index (κ2) is 4.43. The molecule has 0 aromatic heterocycles. The van der Waals surface area contributed by atoms with Crippen molar-refractivity contribution in [2.24, 2.45) is 0 Å². The molecule has 0 fully saturated rings. The molecule has 0 aliphatic rings. The zero-order chi connectivity index (χ0) is 4.83. The molecule has 0 saturated carbocycles. The quantitative estimate of drug-likeness (QED) is 0.261. The first-order chi connectivity index (χ1) is 2.91. The van der Waals surface area contributed by atoms with Crippen molar-refractivity contribution in [3.05, 3.63) is 0 Å². The van der Waals surface area contributed by atoms with E-state index in [0.717, 1.165) is 0 Å². The second-order valence-corrected chi connectivity index (χ2v) is 0.852. The summed E-state index contributed by atoms with van der Waals surface area (Å²) in [6.45, 7) is 0.545. The van der Waals surface area contributed by atoms with Gasteiger partial charge in [-0.1, -0.05) is 0 Å². The van der Waals surface area contributed by atoms with Crippen molar-refractivity contribution in [3.8, 4) is 0 Å². The molecule has 36 valence electrons. The van der Waals surface area contributed by atoms with Gasteiger partial charge in [0, 0.05) is 0 Å². The normalized spacial score (nSPS) is 7.50. The summed E-state index contributed by atoms with van der Waals surface area (Å²) in [5, 5.41) is 5.13. The zero-order valence-corrected chi connectivity index (χ0v) is 3.69. The number of carbonyl (C=O) groups is 1. The average Bonchev–Trinajstić information content (AvgIpc) is 1.61. The van der Waals surface area contributed by atoms with Crippen LogP contribution in [0, 0.1) is 0 Å². The van der Waals surface area contributed by atoms with Gasteiger partial charge in [-0.25, -0.2) is 0 Å². The van der Waals surface area contributed by atoms with Crippen LogP contribution in [0.4, 0.5) is 0 Å². The fourth-order valence-corrected chi connectivity index (χ4v) is 0.144. The predicted octanol–water partition coefficient (Wildman–Crippen LogP) is -1.09. The van der Waals surface area contributed by atoms with Crippen molar-refractivity contribution in [2.75, 3.05) is 13.7 Å². The molecule has 0 unspecified atom stereocenters. The molecule has 0 heterocycles.